The third kappa shape index (κ3) is 3.25. The smallest absolute Gasteiger partial charge is 0.470 e. The Kier molecular flexibility index (Phi) is 3.34. The van der Waals surface area contributed by atoms with Gasteiger partial charge in [-0.15, -0.1) is 0 Å². The summed E-state index contributed by atoms with van der Waals surface area (Å²) in [4.78, 5) is 27.2. The second-order valence-corrected chi connectivity index (χ2v) is 1.68. The molecule has 0 fully saturated rings. The Morgan fingerprint density at radius 1 is 1.33 bits per heavy atom. The molecular formula is C4H4N2O6. The van der Waals surface area contributed by atoms with Gasteiger partial charge in [-0.25, -0.2) is 4.79 Å². The summed E-state index contributed by atoms with van der Waals surface area (Å²) in [5.74, 6) is -1.47. The van der Waals surface area contributed by atoms with E-state index in [4.69, 9.17) is 5.11 Å². The fraction of sp³-hybridized carbons (Fsp3) is 0.250. The molecule has 0 saturated heterocycles. The van der Waals surface area contributed by atoms with E-state index >= 15 is 0 Å². The second kappa shape index (κ2) is 4.01. The summed E-state index contributed by atoms with van der Waals surface area (Å²) in [7, 11) is 0. The van der Waals surface area contributed by atoms with Crippen molar-refractivity contribution in [1.82, 2.24) is 0 Å². The van der Waals surface area contributed by atoms with Crippen molar-refractivity contribution in [3.05, 3.63) is 32.4 Å². The SMILES string of the molecule is O=C(O)/C=C/C([N+](=O)[O-])[N+](=O)[O-]. The molecular weight excluding hydrogens is 172 g/mol. The Labute approximate surface area is 65.4 Å². The Morgan fingerprint density at radius 2 is 1.75 bits per heavy atom. The van der Waals surface area contributed by atoms with Crippen molar-refractivity contribution in [2.75, 3.05) is 0 Å². The summed E-state index contributed by atoms with van der Waals surface area (Å²) in [6.07, 6.45) is -1.44. The summed E-state index contributed by atoms with van der Waals surface area (Å²) in [5.41, 5.74) is 0. The molecule has 0 aromatic carbocycles. The number of nitrogens with zero attached hydrogens (tertiary/aromatic N) is 2. The molecule has 0 aromatic heterocycles. The molecule has 0 aliphatic carbocycles. The monoisotopic (exact) mass is 176 g/mol. The fourth-order valence-electron chi connectivity index (χ4n) is 0.386. The predicted molar refractivity (Wildman–Crippen MR) is 34.6 cm³/mol. The molecule has 0 heterocycles. The molecule has 0 aromatic rings. The Morgan fingerprint density at radius 3 is 2.00 bits per heavy atom. The standard InChI is InChI=1S/C4H4N2O6/c7-4(8)2-1-3(5(9)10)6(11)12/h1-3H,(H,7,8)/b2-1+. The molecule has 0 bridgehead atoms. The molecule has 0 radical (unpaired) electrons. The minimum Gasteiger partial charge on any atom is -0.478 e. The van der Waals surface area contributed by atoms with Crippen molar-refractivity contribution < 1.29 is 19.7 Å². The molecule has 8 heteroatoms. The number of nitro groups is 2. The molecule has 0 rings (SSSR count). The largest absolute Gasteiger partial charge is 0.478 e. The van der Waals surface area contributed by atoms with E-state index in [1.54, 1.807) is 0 Å². The number of hydrogen-bond donors (Lipinski definition) is 1. The van der Waals surface area contributed by atoms with Crippen molar-refractivity contribution in [2.24, 2.45) is 0 Å². The zero-order valence-corrected chi connectivity index (χ0v) is 5.61. The lowest BCUT2D eigenvalue weighted by molar-refractivity contribution is -0.727. The van der Waals surface area contributed by atoms with Crippen molar-refractivity contribution in [2.45, 2.75) is 6.17 Å². The average molecular weight is 176 g/mol. The van der Waals surface area contributed by atoms with Gasteiger partial charge in [0.2, 0.25) is 0 Å². The van der Waals surface area contributed by atoms with Crippen molar-refractivity contribution in [3.63, 3.8) is 0 Å². The number of hydrogen-bond acceptors (Lipinski definition) is 5. The first-order valence-corrected chi connectivity index (χ1v) is 2.63. The number of aliphatic carboxylic acids is 1. The first-order chi connectivity index (χ1) is 5.45. The molecule has 0 amide bonds. The maximum atomic E-state index is 9.87. The van der Waals surface area contributed by atoms with Crippen molar-refractivity contribution in [3.8, 4) is 0 Å². The van der Waals surface area contributed by atoms with E-state index in [-0.39, 0.29) is 0 Å². The van der Waals surface area contributed by atoms with Gasteiger partial charge in [-0.05, 0) is 0 Å². The number of carboxylic acid groups (broad SMARTS) is 1. The Hall–Kier alpha value is -1.99. The van der Waals surface area contributed by atoms with Crippen LogP contribution >= 0.6 is 0 Å². The molecule has 66 valence electrons. The highest BCUT2D eigenvalue weighted by Gasteiger charge is 2.28. The zero-order chi connectivity index (χ0) is 9.72. The molecule has 12 heavy (non-hydrogen) atoms. The van der Waals surface area contributed by atoms with Crippen molar-refractivity contribution in [1.29, 1.82) is 0 Å². The molecule has 8 nitrogen and oxygen atoms in total. The quantitative estimate of drug-likeness (QED) is 0.266. The minimum atomic E-state index is -2.19. The summed E-state index contributed by atoms with van der Waals surface area (Å²) in [6, 6.07) is 0. The van der Waals surface area contributed by atoms with Crippen LogP contribution in [0.1, 0.15) is 0 Å². The van der Waals surface area contributed by atoms with Gasteiger partial charge in [0, 0.05) is 6.08 Å². The van der Waals surface area contributed by atoms with E-state index < -0.39 is 22.0 Å². The summed E-state index contributed by atoms with van der Waals surface area (Å²) in [5, 5.41) is 27.7. The highest BCUT2D eigenvalue weighted by molar-refractivity contribution is 5.79. The van der Waals surface area contributed by atoms with Crippen LogP contribution in [0.3, 0.4) is 0 Å². The van der Waals surface area contributed by atoms with E-state index in [9.17, 15) is 25.0 Å². The fourth-order valence-corrected chi connectivity index (χ4v) is 0.386. The van der Waals surface area contributed by atoms with Gasteiger partial charge in [0.15, 0.2) is 0 Å². The van der Waals surface area contributed by atoms with E-state index in [0.717, 1.165) is 0 Å². The van der Waals surface area contributed by atoms with Gasteiger partial charge in [0.25, 0.3) is 0 Å². The van der Waals surface area contributed by atoms with E-state index in [1.807, 2.05) is 0 Å². The molecule has 0 saturated carbocycles. The van der Waals surface area contributed by atoms with Gasteiger partial charge < -0.3 is 5.11 Å². The van der Waals surface area contributed by atoms with Crippen LogP contribution in [-0.2, 0) is 4.79 Å². The maximum absolute atomic E-state index is 9.87. The number of carboxylic acids is 1. The third-order valence-electron chi connectivity index (χ3n) is 0.843. The molecule has 0 aliphatic heterocycles. The minimum absolute atomic E-state index is 0.357. The molecule has 0 spiro atoms. The summed E-state index contributed by atoms with van der Waals surface area (Å²) >= 11 is 0. The molecule has 0 unspecified atom stereocenters. The van der Waals surface area contributed by atoms with Gasteiger partial charge in [-0.1, -0.05) is 0 Å². The van der Waals surface area contributed by atoms with Gasteiger partial charge in [-0.3, -0.25) is 20.2 Å². The van der Waals surface area contributed by atoms with E-state index in [2.05, 4.69) is 0 Å². The number of rotatable bonds is 4. The first kappa shape index (κ1) is 10.0. The van der Waals surface area contributed by atoms with E-state index in [0.29, 0.717) is 12.2 Å². The molecule has 0 aliphatic rings. The first-order valence-electron chi connectivity index (χ1n) is 2.63. The van der Waals surface area contributed by atoms with Crippen molar-refractivity contribution >= 4 is 5.97 Å². The van der Waals surface area contributed by atoms with Gasteiger partial charge in [-0.2, -0.15) is 0 Å². The molecule has 1 N–H and O–H groups in total. The third-order valence-corrected chi connectivity index (χ3v) is 0.843. The molecule has 0 atom stereocenters. The lowest BCUT2D eigenvalue weighted by Gasteiger charge is -1.93. The zero-order valence-electron chi connectivity index (χ0n) is 5.61. The van der Waals surface area contributed by atoms with E-state index in [1.165, 1.54) is 0 Å². The highest BCUT2D eigenvalue weighted by atomic mass is 16.7. The topological polar surface area (TPSA) is 124 Å². The van der Waals surface area contributed by atoms with Gasteiger partial charge in [0.05, 0.1) is 6.08 Å². The summed E-state index contributed by atoms with van der Waals surface area (Å²) < 4.78 is 0. The normalized spacial score (nSPS) is 10.4. The lowest BCUT2D eigenvalue weighted by atomic mass is 10.4. The van der Waals surface area contributed by atoms with Crippen LogP contribution in [0.5, 0.6) is 0 Å². The van der Waals surface area contributed by atoms with Crippen LogP contribution in [0.15, 0.2) is 12.2 Å². The van der Waals surface area contributed by atoms with Gasteiger partial charge >= 0.3 is 12.1 Å². The van der Waals surface area contributed by atoms with Crippen LogP contribution in [0.4, 0.5) is 0 Å². The van der Waals surface area contributed by atoms with Crippen LogP contribution in [-0.4, -0.2) is 27.1 Å². The van der Waals surface area contributed by atoms with Crippen LogP contribution < -0.4 is 0 Å². The van der Waals surface area contributed by atoms with Gasteiger partial charge in [0.1, 0.15) is 9.85 Å². The predicted octanol–water partition coefficient (Wildman–Crippen LogP) is -0.493. The Bertz CT molecular complexity index is 232. The van der Waals surface area contributed by atoms with Crippen LogP contribution in [0, 0.1) is 20.2 Å². The van der Waals surface area contributed by atoms with Crippen LogP contribution in [0.2, 0.25) is 0 Å². The number of carbonyl (C=O) groups is 1. The average Bonchev–Trinajstić information content (AvgIpc) is 1.84. The lowest BCUT2D eigenvalue weighted by Crippen LogP contribution is -2.26. The summed E-state index contributed by atoms with van der Waals surface area (Å²) in [6.45, 7) is 0. The maximum Gasteiger partial charge on any atom is 0.470 e. The second-order valence-electron chi connectivity index (χ2n) is 1.68. The highest BCUT2D eigenvalue weighted by Crippen LogP contribution is 1.93. The Balaban J connectivity index is 4.44. The van der Waals surface area contributed by atoms with Crippen LogP contribution in [0.25, 0.3) is 0 Å².